The fourth-order valence-electron chi connectivity index (χ4n) is 1.77. The Kier molecular flexibility index (Phi) is 3.05. The maximum Gasteiger partial charge on any atom is 0.322 e. The van der Waals surface area contributed by atoms with Crippen LogP contribution in [-0.2, 0) is 4.79 Å². The smallest absolute Gasteiger partial charge is 0.322 e. The van der Waals surface area contributed by atoms with Crippen LogP contribution >= 0.6 is 0 Å². The summed E-state index contributed by atoms with van der Waals surface area (Å²) < 4.78 is 0. The second kappa shape index (κ2) is 4.49. The van der Waals surface area contributed by atoms with Crippen LogP contribution in [0.25, 0.3) is 0 Å². The molecule has 0 bridgehead atoms. The summed E-state index contributed by atoms with van der Waals surface area (Å²) in [5.74, 6) is 0.0372. The lowest BCUT2D eigenvalue weighted by Gasteiger charge is -2.32. The van der Waals surface area contributed by atoms with Crippen molar-refractivity contribution in [1.82, 2.24) is 10.3 Å². The normalized spacial score (nSPS) is 20.8. The maximum absolute atomic E-state index is 10.9. The van der Waals surface area contributed by atoms with Crippen molar-refractivity contribution in [2.24, 2.45) is 0 Å². The van der Waals surface area contributed by atoms with Crippen molar-refractivity contribution < 1.29 is 9.90 Å². The quantitative estimate of drug-likeness (QED) is 0.749. The molecule has 1 aliphatic rings. The molecule has 0 saturated carbocycles. The first-order valence-electron chi connectivity index (χ1n) is 5.30. The van der Waals surface area contributed by atoms with Crippen molar-refractivity contribution in [2.45, 2.75) is 13.0 Å². The molecule has 0 aromatic carbocycles. The lowest BCUT2D eigenvalue weighted by atomic mass is 10.2. The summed E-state index contributed by atoms with van der Waals surface area (Å²) in [5.41, 5.74) is 1.11. The number of piperazine rings is 1. The maximum atomic E-state index is 10.9. The van der Waals surface area contributed by atoms with Gasteiger partial charge in [-0.25, -0.2) is 4.98 Å². The summed E-state index contributed by atoms with van der Waals surface area (Å²) in [6.07, 6.45) is 1.80. The lowest BCUT2D eigenvalue weighted by molar-refractivity contribution is -0.139. The zero-order valence-corrected chi connectivity index (χ0v) is 9.18. The Balaban J connectivity index is 2.09. The number of hydrogen-bond donors (Lipinski definition) is 2. The van der Waals surface area contributed by atoms with E-state index in [4.69, 9.17) is 5.11 Å². The standard InChI is InChI=1S/C11H15N3O2/c1-8-2-3-10(13-6-8)14-5-4-12-9(7-14)11(15)16/h2-3,6,9,12H,4-5,7H2,1H3,(H,15,16)/t9-/m0/s1. The highest BCUT2D eigenvalue weighted by atomic mass is 16.4. The van der Waals surface area contributed by atoms with Crippen molar-refractivity contribution in [3.63, 3.8) is 0 Å². The van der Waals surface area contributed by atoms with Gasteiger partial charge in [-0.1, -0.05) is 6.07 Å². The van der Waals surface area contributed by atoms with E-state index in [9.17, 15) is 4.79 Å². The first kappa shape index (κ1) is 10.9. The second-order valence-corrected chi connectivity index (χ2v) is 3.98. The first-order chi connectivity index (χ1) is 7.66. The SMILES string of the molecule is Cc1ccc(N2CCN[C@H](C(=O)O)C2)nc1. The molecule has 5 nitrogen and oxygen atoms in total. The second-order valence-electron chi connectivity index (χ2n) is 3.98. The van der Waals surface area contributed by atoms with Gasteiger partial charge in [-0.2, -0.15) is 0 Å². The van der Waals surface area contributed by atoms with E-state index in [1.54, 1.807) is 6.20 Å². The van der Waals surface area contributed by atoms with Gasteiger partial charge in [0.05, 0.1) is 0 Å². The zero-order valence-electron chi connectivity index (χ0n) is 9.18. The summed E-state index contributed by atoms with van der Waals surface area (Å²) in [6, 6.07) is 3.41. The van der Waals surface area contributed by atoms with Crippen molar-refractivity contribution >= 4 is 11.8 Å². The third-order valence-corrected chi connectivity index (χ3v) is 2.69. The number of aryl methyl sites for hydroxylation is 1. The molecule has 0 aliphatic carbocycles. The number of nitrogens with zero attached hydrogens (tertiary/aromatic N) is 2. The van der Waals surface area contributed by atoms with E-state index in [1.807, 2.05) is 24.0 Å². The third-order valence-electron chi connectivity index (χ3n) is 2.69. The number of nitrogens with one attached hydrogen (secondary N) is 1. The number of rotatable bonds is 2. The van der Waals surface area contributed by atoms with Crippen LogP contribution in [-0.4, -0.2) is 41.7 Å². The summed E-state index contributed by atoms with van der Waals surface area (Å²) in [5, 5.41) is 11.9. The monoisotopic (exact) mass is 221 g/mol. The number of carbonyl (C=O) groups is 1. The molecule has 1 aromatic heterocycles. The average Bonchev–Trinajstić information content (AvgIpc) is 2.30. The molecule has 2 N–H and O–H groups in total. The molecule has 0 unspecified atom stereocenters. The molecule has 1 aromatic rings. The Bertz CT molecular complexity index is 377. The minimum Gasteiger partial charge on any atom is -0.480 e. The largest absolute Gasteiger partial charge is 0.480 e. The van der Waals surface area contributed by atoms with Gasteiger partial charge in [0, 0.05) is 25.8 Å². The zero-order chi connectivity index (χ0) is 11.5. The summed E-state index contributed by atoms with van der Waals surface area (Å²) in [4.78, 5) is 17.2. The van der Waals surface area contributed by atoms with Crippen LogP contribution in [0.4, 0.5) is 5.82 Å². The van der Waals surface area contributed by atoms with Gasteiger partial charge in [0.15, 0.2) is 0 Å². The molecule has 2 rings (SSSR count). The Morgan fingerprint density at radius 1 is 1.62 bits per heavy atom. The molecular weight excluding hydrogens is 206 g/mol. The van der Waals surface area contributed by atoms with Crippen LogP contribution in [0.1, 0.15) is 5.56 Å². The van der Waals surface area contributed by atoms with Gasteiger partial charge in [0.2, 0.25) is 0 Å². The fourth-order valence-corrected chi connectivity index (χ4v) is 1.77. The minimum absolute atomic E-state index is 0.464. The predicted octanol–water partition coefficient (Wildman–Crippen LogP) is 0.253. The Hall–Kier alpha value is -1.62. The van der Waals surface area contributed by atoms with E-state index in [1.165, 1.54) is 0 Å². The number of anilines is 1. The highest BCUT2D eigenvalue weighted by molar-refractivity contribution is 5.74. The third kappa shape index (κ3) is 2.30. The molecule has 2 heterocycles. The van der Waals surface area contributed by atoms with E-state index in [-0.39, 0.29) is 0 Å². The van der Waals surface area contributed by atoms with Gasteiger partial charge in [-0.05, 0) is 18.6 Å². The minimum atomic E-state index is -0.809. The summed E-state index contributed by atoms with van der Waals surface area (Å²) >= 11 is 0. The van der Waals surface area contributed by atoms with Crippen LogP contribution < -0.4 is 10.2 Å². The van der Waals surface area contributed by atoms with E-state index in [0.29, 0.717) is 13.1 Å². The molecule has 0 radical (unpaired) electrons. The Labute approximate surface area is 94.1 Å². The summed E-state index contributed by atoms with van der Waals surface area (Å²) in [7, 11) is 0. The number of carboxylic acid groups (broad SMARTS) is 1. The molecule has 0 spiro atoms. The van der Waals surface area contributed by atoms with Crippen LogP contribution in [0.3, 0.4) is 0 Å². The topological polar surface area (TPSA) is 65.5 Å². The van der Waals surface area contributed by atoms with Gasteiger partial charge < -0.3 is 15.3 Å². The summed E-state index contributed by atoms with van der Waals surface area (Å²) in [6.45, 7) is 3.91. The molecule has 16 heavy (non-hydrogen) atoms. The van der Waals surface area contributed by atoms with E-state index < -0.39 is 12.0 Å². The average molecular weight is 221 g/mol. The predicted molar refractivity (Wildman–Crippen MR) is 60.6 cm³/mol. The Morgan fingerprint density at radius 3 is 3.06 bits per heavy atom. The van der Waals surface area contributed by atoms with Gasteiger partial charge in [-0.3, -0.25) is 4.79 Å². The van der Waals surface area contributed by atoms with Crippen molar-refractivity contribution in [2.75, 3.05) is 24.5 Å². The van der Waals surface area contributed by atoms with Crippen molar-refractivity contribution in [3.8, 4) is 0 Å². The first-order valence-corrected chi connectivity index (χ1v) is 5.30. The van der Waals surface area contributed by atoms with Crippen LogP contribution in [0.5, 0.6) is 0 Å². The number of pyridine rings is 1. The van der Waals surface area contributed by atoms with Crippen LogP contribution in [0, 0.1) is 6.92 Å². The number of carboxylic acids is 1. The van der Waals surface area contributed by atoms with Gasteiger partial charge in [0.1, 0.15) is 11.9 Å². The molecule has 86 valence electrons. The molecule has 1 aliphatic heterocycles. The van der Waals surface area contributed by atoms with E-state index in [2.05, 4.69) is 10.3 Å². The number of hydrogen-bond acceptors (Lipinski definition) is 4. The van der Waals surface area contributed by atoms with Crippen LogP contribution in [0.2, 0.25) is 0 Å². The van der Waals surface area contributed by atoms with E-state index in [0.717, 1.165) is 17.9 Å². The highest BCUT2D eigenvalue weighted by Gasteiger charge is 2.25. The number of aromatic nitrogens is 1. The van der Waals surface area contributed by atoms with Gasteiger partial charge in [-0.15, -0.1) is 0 Å². The highest BCUT2D eigenvalue weighted by Crippen LogP contribution is 2.13. The fraction of sp³-hybridized carbons (Fsp3) is 0.455. The van der Waals surface area contributed by atoms with Crippen LogP contribution in [0.15, 0.2) is 18.3 Å². The van der Waals surface area contributed by atoms with E-state index >= 15 is 0 Å². The van der Waals surface area contributed by atoms with Crippen molar-refractivity contribution in [1.29, 1.82) is 0 Å². The molecule has 5 heteroatoms. The molecule has 1 atom stereocenters. The molecule has 1 saturated heterocycles. The van der Waals surface area contributed by atoms with Gasteiger partial charge >= 0.3 is 5.97 Å². The van der Waals surface area contributed by atoms with Gasteiger partial charge in [0.25, 0.3) is 0 Å². The number of aliphatic carboxylic acids is 1. The van der Waals surface area contributed by atoms with Crippen molar-refractivity contribution in [3.05, 3.63) is 23.9 Å². The molecule has 1 fully saturated rings. The lowest BCUT2D eigenvalue weighted by Crippen LogP contribution is -2.54. The Morgan fingerprint density at radius 2 is 2.44 bits per heavy atom. The molecular formula is C11H15N3O2. The molecule has 0 amide bonds.